The highest BCUT2D eigenvalue weighted by Crippen LogP contribution is 2.43. The normalized spacial score (nSPS) is 29.9. The van der Waals surface area contributed by atoms with E-state index < -0.39 is 0 Å². The fourth-order valence-electron chi connectivity index (χ4n) is 3.75. The van der Waals surface area contributed by atoms with Gasteiger partial charge in [-0.15, -0.1) is 0 Å². The smallest absolute Gasteiger partial charge is 0.246 e. The van der Waals surface area contributed by atoms with Crippen LogP contribution in [0.1, 0.15) is 56.6 Å². The molecule has 0 radical (unpaired) electrons. The summed E-state index contributed by atoms with van der Waals surface area (Å²) in [6.45, 7) is 4.62. The van der Waals surface area contributed by atoms with Crippen LogP contribution < -0.4 is 5.32 Å². The summed E-state index contributed by atoms with van der Waals surface area (Å²) in [7, 11) is 0. The van der Waals surface area contributed by atoms with Crippen LogP contribution in [0, 0.1) is 0 Å². The van der Waals surface area contributed by atoms with E-state index in [1.807, 2.05) is 0 Å². The van der Waals surface area contributed by atoms with E-state index in [0.717, 1.165) is 19.3 Å². The van der Waals surface area contributed by atoms with Crippen molar-refractivity contribution in [3.63, 3.8) is 0 Å². The first-order chi connectivity index (χ1) is 9.63. The zero-order chi connectivity index (χ0) is 14.2. The molecule has 0 aromatic heterocycles. The maximum absolute atomic E-state index is 11.9. The first kappa shape index (κ1) is 13.6. The number of morpholine rings is 1. The van der Waals surface area contributed by atoms with Gasteiger partial charge in [-0.3, -0.25) is 4.79 Å². The minimum atomic E-state index is -0.311. The van der Waals surface area contributed by atoms with E-state index in [1.54, 1.807) is 0 Å². The molecule has 1 saturated carbocycles. The van der Waals surface area contributed by atoms with E-state index in [-0.39, 0.29) is 24.2 Å². The van der Waals surface area contributed by atoms with Crippen molar-refractivity contribution in [2.75, 3.05) is 6.61 Å². The van der Waals surface area contributed by atoms with E-state index in [4.69, 9.17) is 4.74 Å². The van der Waals surface area contributed by atoms with E-state index in [2.05, 4.69) is 43.4 Å². The number of hydrogen-bond donors (Lipinski definition) is 1. The largest absolute Gasteiger partial charge is 0.366 e. The third-order valence-corrected chi connectivity index (χ3v) is 4.68. The zero-order valence-electron chi connectivity index (χ0n) is 12.3. The van der Waals surface area contributed by atoms with Gasteiger partial charge in [0.15, 0.2) is 0 Å². The summed E-state index contributed by atoms with van der Waals surface area (Å²) in [5.74, 6) is 0.462. The van der Waals surface area contributed by atoms with Crippen LogP contribution in [0.5, 0.6) is 0 Å². The number of rotatable bonds is 2. The maximum atomic E-state index is 11.9. The van der Waals surface area contributed by atoms with Gasteiger partial charge in [0.05, 0.1) is 11.6 Å². The second-order valence-electron chi connectivity index (χ2n) is 6.31. The lowest BCUT2D eigenvalue weighted by molar-refractivity contribution is -0.148. The second-order valence-corrected chi connectivity index (χ2v) is 6.31. The summed E-state index contributed by atoms with van der Waals surface area (Å²) in [6.07, 6.45) is 4.47. The molecule has 1 aromatic rings. The van der Waals surface area contributed by atoms with Gasteiger partial charge in [0.25, 0.3) is 0 Å². The number of fused-ring (bicyclic) bond motifs is 1. The first-order valence-electron chi connectivity index (χ1n) is 7.65. The molecule has 1 aliphatic heterocycles. The Kier molecular flexibility index (Phi) is 3.55. The molecular weight excluding hydrogens is 250 g/mol. The molecule has 3 nitrogen and oxygen atoms in total. The highest BCUT2D eigenvalue weighted by atomic mass is 16.5. The lowest BCUT2D eigenvalue weighted by Gasteiger charge is -2.48. The Balaban J connectivity index is 2.10. The van der Waals surface area contributed by atoms with E-state index in [1.165, 1.54) is 17.5 Å². The summed E-state index contributed by atoms with van der Waals surface area (Å²) < 4.78 is 5.87. The van der Waals surface area contributed by atoms with E-state index >= 15 is 0 Å². The number of benzene rings is 1. The van der Waals surface area contributed by atoms with Gasteiger partial charge in [0.2, 0.25) is 5.91 Å². The fourth-order valence-corrected chi connectivity index (χ4v) is 3.75. The average molecular weight is 273 g/mol. The second kappa shape index (κ2) is 5.21. The fraction of sp³-hybridized carbons (Fsp3) is 0.588. The minimum absolute atomic E-state index is 0.0155. The van der Waals surface area contributed by atoms with Crippen molar-refractivity contribution < 1.29 is 9.53 Å². The lowest BCUT2D eigenvalue weighted by atomic mass is 9.71. The Hall–Kier alpha value is -1.35. The van der Waals surface area contributed by atoms with Crippen molar-refractivity contribution in [1.29, 1.82) is 0 Å². The van der Waals surface area contributed by atoms with Crippen LogP contribution in [0.15, 0.2) is 24.3 Å². The molecular formula is C17H23NO2. The van der Waals surface area contributed by atoms with Crippen LogP contribution in [0.3, 0.4) is 0 Å². The lowest BCUT2D eigenvalue weighted by Crippen LogP contribution is -2.61. The number of hydrogen-bond acceptors (Lipinski definition) is 2. The van der Waals surface area contributed by atoms with E-state index in [0.29, 0.717) is 5.92 Å². The van der Waals surface area contributed by atoms with Crippen LogP contribution in [-0.4, -0.2) is 18.6 Å². The number of ether oxygens (including phenoxy) is 1. The molecule has 0 spiro atoms. The molecule has 2 fully saturated rings. The maximum Gasteiger partial charge on any atom is 0.246 e. The van der Waals surface area contributed by atoms with Gasteiger partial charge in [-0.25, -0.2) is 0 Å². The molecule has 2 atom stereocenters. The van der Waals surface area contributed by atoms with Gasteiger partial charge in [-0.1, -0.05) is 51.0 Å². The molecule has 1 aromatic carbocycles. The minimum Gasteiger partial charge on any atom is -0.366 e. The van der Waals surface area contributed by atoms with Crippen molar-refractivity contribution in [2.24, 2.45) is 0 Å². The number of nitrogens with one attached hydrogen (secondary N) is 1. The van der Waals surface area contributed by atoms with Crippen molar-refractivity contribution in [3.8, 4) is 0 Å². The zero-order valence-corrected chi connectivity index (χ0v) is 12.3. The summed E-state index contributed by atoms with van der Waals surface area (Å²) in [5.41, 5.74) is 2.27. The van der Waals surface area contributed by atoms with Gasteiger partial charge in [0, 0.05) is 0 Å². The highest BCUT2D eigenvalue weighted by Gasteiger charge is 2.48. The van der Waals surface area contributed by atoms with Crippen LogP contribution >= 0.6 is 0 Å². The Morgan fingerprint density at radius 3 is 2.90 bits per heavy atom. The molecule has 2 unspecified atom stereocenters. The predicted octanol–water partition coefficient (Wildman–Crippen LogP) is 3.09. The highest BCUT2D eigenvalue weighted by molar-refractivity contribution is 5.79. The van der Waals surface area contributed by atoms with Crippen LogP contribution in [0.25, 0.3) is 0 Å². The molecule has 2 aliphatic rings. The Bertz CT molecular complexity index is 511. The monoisotopic (exact) mass is 273 g/mol. The molecule has 3 rings (SSSR count). The molecule has 1 saturated heterocycles. The predicted molar refractivity (Wildman–Crippen MR) is 78.6 cm³/mol. The van der Waals surface area contributed by atoms with Gasteiger partial charge < -0.3 is 10.1 Å². The number of carbonyl (C=O) groups is 1. The first-order valence-corrected chi connectivity index (χ1v) is 7.65. The van der Waals surface area contributed by atoms with Crippen LogP contribution in [0.4, 0.5) is 0 Å². The topological polar surface area (TPSA) is 38.3 Å². The summed E-state index contributed by atoms with van der Waals surface area (Å²) in [4.78, 5) is 11.9. The van der Waals surface area contributed by atoms with Gasteiger partial charge in [-0.05, 0) is 29.9 Å². The van der Waals surface area contributed by atoms with E-state index in [9.17, 15) is 4.79 Å². The average Bonchev–Trinajstić information content (AvgIpc) is 2.47. The summed E-state index contributed by atoms with van der Waals surface area (Å²) in [5, 5.41) is 3.28. The quantitative estimate of drug-likeness (QED) is 0.899. The van der Waals surface area contributed by atoms with Gasteiger partial charge in [0.1, 0.15) is 6.61 Å². The molecule has 1 aliphatic carbocycles. The van der Waals surface area contributed by atoms with Gasteiger partial charge in [-0.2, -0.15) is 0 Å². The van der Waals surface area contributed by atoms with Crippen molar-refractivity contribution in [2.45, 2.75) is 57.1 Å². The number of amides is 1. The summed E-state index contributed by atoms with van der Waals surface area (Å²) >= 11 is 0. The SMILES string of the molecule is CC(C)c1ccccc1C12CCCCC1OCC(=O)N2. The Labute approximate surface area is 120 Å². The molecule has 108 valence electrons. The van der Waals surface area contributed by atoms with Crippen LogP contribution in [0.2, 0.25) is 0 Å². The molecule has 20 heavy (non-hydrogen) atoms. The Morgan fingerprint density at radius 2 is 2.10 bits per heavy atom. The standard InChI is InChI=1S/C17H23NO2/c1-12(2)13-7-3-4-8-14(13)17-10-6-5-9-15(17)20-11-16(19)18-17/h3-4,7-8,12,15H,5-6,9-11H2,1-2H3,(H,18,19). The van der Waals surface area contributed by atoms with Crippen molar-refractivity contribution in [3.05, 3.63) is 35.4 Å². The molecule has 3 heteroatoms. The Morgan fingerprint density at radius 1 is 1.30 bits per heavy atom. The van der Waals surface area contributed by atoms with Crippen LogP contribution in [-0.2, 0) is 15.1 Å². The molecule has 1 amide bonds. The summed E-state index contributed by atoms with van der Waals surface area (Å²) in [6, 6.07) is 8.50. The third-order valence-electron chi connectivity index (χ3n) is 4.68. The third kappa shape index (κ3) is 2.14. The van der Waals surface area contributed by atoms with Gasteiger partial charge >= 0.3 is 0 Å². The molecule has 0 bridgehead atoms. The molecule has 1 N–H and O–H groups in total. The van der Waals surface area contributed by atoms with Crippen molar-refractivity contribution >= 4 is 5.91 Å². The number of carbonyl (C=O) groups excluding carboxylic acids is 1. The molecule has 1 heterocycles. The van der Waals surface area contributed by atoms with Crippen molar-refractivity contribution in [1.82, 2.24) is 5.32 Å².